The fourth-order valence-electron chi connectivity index (χ4n) is 7.58. The van der Waals surface area contributed by atoms with Crippen LogP contribution in [0, 0.1) is 0 Å². The van der Waals surface area contributed by atoms with Crippen LogP contribution in [0.2, 0.25) is 0 Å². The highest BCUT2D eigenvalue weighted by Gasteiger charge is 2.41. The van der Waals surface area contributed by atoms with Crippen LogP contribution in [-0.4, -0.2) is 121 Å². The number of amides is 3. The molecule has 0 spiro atoms. The predicted octanol–water partition coefficient (Wildman–Crippen LogP) is 3.70. The molecule has 8 rings (SSSR count). The van der Waals surface area contributed by atoms with Gasteiger partial charge in [-0.25, -0.2) is 4.79 Å². The lowest BCUT2D eigenvalue weighted by atomic mass is 10.0. The molecule has 252 valence electrons. The van der Waals surface area contributed by atoms with Crippen LogP contribution in [0.25, 0.3) is 11.4 Å². The molecule has 1 aromatic heterocycles. The van der Waals surface area contributed by atoms with Gasteiger partial charge in [0.2, 0.25) is 11.9 Å². The Labute approximate surface area is 280 Å². The summed E-state index contributed by atoms with van der Waals surface area (Å²) in [4.78, 5) is 49.5. The number of morpholine rings is 2. The maximum atomic E-state index is 13.1. The van der Waals surface area contributed by atoms with E-state index in [0.29, 0.717) is 60.5 Å². The minimum Gasteiger partial charge on any atom is -0.378 e. The zero-order valence-electron chi connectivity index (χ0n) is 27.2. The lowest BCUT2D eigenvalue weighted by molar-refractivity contribution is 0.0644. The molecule has 2 unspecified atom stereocenters. The standard InChI is InChI=1S/C35H43N9O4/c45-32(42-15-11-28(12-16-42)41-13-1-2-14-41)25-5-9-27(10-6-25)37-35(46)36-26-7-3-24(4-8-26)31-38-33(43-17-19-47-20-18-43)40-34(39-31)44-22-30-21-29(44)23-48-30/h3-10,28-30H,1-2,11-23H2,(H2,36,37,46). The molecule has 3 aromatic rings. The molecule has 48 heavy (non-hydrogen) atoms. The second-order valence-electron chi connectivity index (χ2n) is 13.4. The van der Waals surface area contributed by atoms with Crippen LogP contribution in [-0.2, 0) is 9.47 Å². The summed E-state index contributed by atoms with van der Waals surface area (Å²) in [6, 6.07) is 15.1. The van der Waals surface area contributed by atoms with Gasteiger partial charge >= 0.3 is 6.03 Å². The third-order valence-corrected chi connectivity index (χ3v) is 10.3. The molecule has 0 aliphatic carbocycles. The van der Waals surface area contributed by atoms with E-state index in [1.54, 1.807) is 24.3 Å². The van der Waals surface area contributed by atoms with E-state index in [4.69, 9.17) is 24.4 Å². The van der Waals surface area contributed by atoms with E-state index < -0.39 is 0 Å². The molecule has 2 atom stereocenters. The number of carbonyl (C=O) groups is 2. The summed E-state index contributed by atoms with van der Waals surface area (Å²) in [5, 5.41) is 5.77. The average molecular weight is 654 g/mol. The minimum atomic E-state index is -0.367. The summed E-state index contributed by atoms with van der Waals surface area (Å²) in [6.45, 7) is 8.19. The van der Waals surface area contributed by atoms with Gasteiger partial charge in [0.1, 0.15) is 0 Å². The highest BCUT2D eigenvalue weighted by Crippen LogP contribution is 2.33. The lowest BCUT2D eigenvalue weighted by Gasteiger charge is -2.36. The first kappa shape index (κ1) is 31.0. The number of hydrogen-bond acceptors (Lipinski definition) is 10. The molecule has 5 fully saturated rings. The van der Waals surface area contributed by atoms with Gasteiger partial charge in [0.05, 0.1) is 32.0 Å². The summed E-state index contributed by atoms with van der Waals surface area (Å²) < 4.78 is 11.4. The van der Waals surface area contributed by atoms with Gasteiger partial charge in [-0.2, -0.15) is 15.0 Å². The maximum absolute atomic E-state index is 13.1. The van der Waals surface area contributed by atoms with Gasteiger partial charge in [0.15, 0.2) is 5.82 Å². The number of hydrogen-bond donors (Lipinski definition) is 2. The van der Waals surface area contributed by atoms with Crippen molar-refractivity contribution < 1.29 is 19.1 Å². The Morgan fingerprint density at radius 2 is 1.42 bits per heavy atom. The molecule has 13 nitrogen and oxygen atoms in total. The summed E-state index contributed by atoms with van der Waals surface area (Å²) in [5.74, 6) is 1.97. The van der Waals surface area contributed by atoms with Crippen molar-refractivity contribution in [1.82, 2.24) is 24.8 Å². The number of aromatic nitrogens is 3. The minimum absolute atomic E-state index is 0.0509. The second-order valence-corrected chi connectivity index (χ2v) is 13.4. The van der Waals surface area contributed by atoms with Gasteiger partial charge in [-0.3, -0.25) is 4.79 Å². The Bertz CT molecular complexity index is 1600. The molecule has 5 aliphatic heterocycles. The SMILES string of the molecule is O=C(Nc1ccc(C(=O)N2CCC(N3CCCC3)CC2)cc1)Nc1ccc(-c2nc(N3CCOCC3)nc(N3CC4CC3CO4)n2)cc1. The van der Waals surface area contributed by atoms with Crippen molar-refractivity contribution in [3.8, 4) is 11.4 Å². The molecule has 13 heteroatoms. The number of fused-ring (bicyclic) bond motifs is 2. The fraction of sp³-hybridized carbons (Fsp3) is 0.514. The Balaban J connectivity index is 0.885. The smallest absolute Gasteiger partial charge is 0.323 e. The van der Waals surface area contributed by atoms with Gasteiger partial charge in [-0.05, 0) is 93.7 Å². The molecule has 2 bridgehead atoms. The molecule has 0 radical (unpaired) electrons. The number of urea groups is 1. The Hall–Kier alpha value is -4.33. The Kier molecular flexibility index (Phi) is 8.81. The van der Waals surface area contributed by atoms with Crippen LogP contribution in [0.15, 0.2) is 48.5 Å². The van der Waals surface area contributed by atoms with E-state index in [1.165, 1.54) is 25.9 Å². The van der Waals surface area contributed by atoms with Crippen LogP contribution >= 0.6 is 0 Å². The predicted molar refractivity (Wildman–Crippen MR) is 183 cm³/mol. The van der Waals surface area contributed by atoms with E-state index in [1.807, 2.05) is 29.2 Å². The van der Waals surface area contributed by atoms with Crippen molar-refractivity contribution in [3.63, 3.8) is 0 Å². The van der Waals surface area contributed by atoms with Crippen molar-refractivity contribution in [3.05, 3.63) is 54.1 Å². The number of piperidine rings is 1. The largest absolute Gasteiger partial charge is 0.378 e. The van der Waals surface area contributed by atoms with Gasteiger partial charge in [0.25, 0.3) is 5.91 Å². The topological polar surface area (TPSA) is 128 Å². The van der Waals surface area contributed by atoms with Gasteiger partial charge in [0, 0.05) is 61.3 Å². The van der Waals surface area contributed by atoms with Gasteiger partial charge in [-0.1, -0.05) is 0 Å². The normalized spacial score (nSPS) is 23.1. The quantitative estimate of drug-likeness (QED) is 0.390. The number of likely N-dealkylation sites (tertiary alicyclic amines) is 2. The summed E-state index contributed by atoms with van der Waals surface area (Å²) in [7, 11) is 0. The zero-order valence-corrected chi connectivity index (χ0v) is 27.2. The van der Waals surface area contributed by atoms with Crippen molar-refractivity contribution in [1.29, 1.82) is 0 Å². The molecule has 5 aliphatic rings. The number of carbonyl (C=O) groups excluding carboxylic acids is 2. The van der Waals surface area contributed by atoms with Crippen molar-refractivity contribution in [2.24, 2.45) is 0 Å². The number of nitrogens with zero attached hydrogens (tertiary/aromatic N) is 7. The Morgan fingerprint density at radius 3 is 2.06 bits per heavy atom. The molecular formula is C35H43N9O4. The van der Waals surface area contributed by atoms with Gasteiger partial charge in [-0.15, -0.1) is 0 Å². The van der Waals surface area contributed by atoms with Crippen LogP contribution in [0.4, 0.5) is 28.1 Å². The zero-order chi connectivity index (χ0) is 32.5. The van der Waals surface area contributed by atoms with Crippen LogP contribution in [0.3, 0.4) is 0 Å². The van der Waals surface area contributed by atoms with Crippen LogP contribution in [0.1, 0.15) is 42.5 Å². The van der Waals surface area contributed by atoms with Crippen LogP contribution < -0.4 is 20.4 Å². The highest BCUT2D eigenvalue weighted by molar-refractivity contribution is 6.00. The molecule has 0 saturated carbocycles. The highest BCUT2D eigenvalue weighted by atomic mass is 16.5. The van der Waals surface area contributed by atoms with Crippen molar-refractivity contribution in [2.75, 3.05) is 86.1 Å². The molecule has 2 aromatic carbocycles. The molecule has 5 saturated heterocycles. The van der Waals surface area contributed by atoms with E-state index >= 15 is 0 Å². The lowest BCUT2D eigenvalue weighted by Crippen LogP contribution is -2.45. The molecule has 2 N–H and O–H groups in total. The van der Waals surface area contributed by atoms with Crippen LogP contribution in [0.5, 0.6) is 0 Å². The summed E-state index contributed by atoms with van der Waals surface area (Å²) in [6.07, 6.45) is 5.88. The van der Waals surface area contributed by atoms with E-state index in [9.17, 15) is 9.59 Å². The summed E-state index contributed by atoms with van der Waals surface area (Å²) >= 11 is 0. The molecule has 6 heterocycles. The Morgan fingerprint density at radius 1 is 0.750 bits per heavy atom. The first-order valence-corrected chi connectivity index (χ1v) is 17.3. The number of anilines is 4. The first-order valence-electron chi connectivity index (χ1n) is 17.3. The number of nitrogens with one attached hydrogen (secondary N) is 2. The van der Waals surface area contributed by atoms with Gasteiger partial charge < -0.3 is 39.7 Å². The average Bonchev–Trinajstić information content (AvgIpc) is 3.93. The number of rotatable bonds is 7. The third-order valence-electron chi connectivity index (χ3n) is 10.3. The van der Waals surface area contributed by atoms with E-state index in [0.717, 1.165) is 57.5 Å². The van der Waals surface area contributed by atoms with Crippen molar-refractivity contribution >= 4 is 35.2 Å². The van der Waals surface area contributed by atoms with Crippen molar-refractivity contribution in [2.45, 2.75) is 50.3 Å². The number of benzene rings is 2. The molecule has 3 amide bonds. The van der Waals surface area contributed by atoms with E-state index in [2.05, 4.69) is 25.3 Å². The fourth-order valence-corrected chi connectivity index (χ4v) is 7.58. The number of ether oxygens (including phenoxy) is 2. The monoisotopic (exact) mass is 653 g/mol. The second kappa shape index (κ2) is 13.7. The first-order chi connectivity index (χ1) is 23.6. The third kappa shape index (κ3) is 6.67. The summed E-state index contributed by atoms with van der Waals surface area (Å²) in [5.41, 5.74) is 2.72. The van der Waals surface area contributed by atoms with E-state index in [-0.39, 0.29) is 24.1 Å². The maximum Gasteiger partial charge on any atom is 0.323 e. The molecular weight excluding hydrogens is 610 g/mol.